The molecule has 2 aliphatic heterocycles. The van der Waals surface area contributed by atoms with Crippen molar-refractivity contribution in [2.45, 2.75) is 84.2 Å². The number of fused-ring (bicyclic) bond motifs is 1. The van der Waals surface area contributed by atoms with Gasteiger partial charge in [-0.25, -0.2) is 0 Å². The molecule has 4 heteroatoms. The zero-order valence-electron chi connectivity index (χ0n) is 15.7. The number of nitrogens with zero attached hydrogens (tertiary/aromatic N) is 2. The van der Waals surface area contributed by atoms with Crippen LogP contribution in [-0.4, -0.2) is 46.8 Å². The van der Waals surface area contributed by atoms with Gasteiger partial charge in [0.1, 0.15) is 0 Å². The van der Waals surface area contributed by atoms with Gasteiger partial charge in [0.2, 0.25) is 11.8 Å². The first-order chi connectivity index (χ1) is 11.5. The summed E-state index contributed by atoms with van der Waals surface area (Å²) in [6.07, 6.45) is 9.57. The van der Waals surface area contributed by atoms with E-state index in [0.29, 0.717) is 29.8 Å². The van der Waals surface area contributed by atoms with Gasteiger partial charge in [-0.1, -0.05) is 6.92 Å². The Balaban J connectivity index is 1.74. The van der Waals surface area contributed by atoms with Gasteiger partial charge in [-0.05, 0) is 69.1 Å². The summed E-state index contributed by atoms with van der Waals surface area (Å²) in [6, 6.07) is 0.874. The number of rotatable bonds is 2. The van der Waals surface area contributed by atoms with Crippen LogP contribution in [0.15, 0.2) is 0 Å². The fourth-order valence-electron chi connectivity index (χ4n) is 5.81. The van der Waals surface area contributed by atoms with Crippen molar-refractivity contribution in [3.8, 4) is 0 Å². The van der Waals surface area contributed by atoms with Gasteiger partial charge in [-0.15, -0.1) is 0 Å². The van der Waals surface area contributed by atoms with Crippen LogP contribution in [0.25, 0.3) is 0 Å². The van der Waals surface area contributed by atoms with E-state index >= 15 is 0 Å². The molecule has 136 valence electrons. The van der Waals surface area contributed by atoms with E-state index in [0.717, 1.165) is 38.8 Å². The first-order valence-electron chi connectivity index (χ1n) is 10.0. The van der Waals surface area contributed by atoms with E-state index in [9.17, 15) is 9.59 Å². The lowest BCUT2D eigenvalue weighted by Gasteiger charge is -2.50. The van der Waals surface area contributed by atoms with Crippen LogP contribution in [-0.2, 0) is 9.59 Å². The van der Waals surface area contributed by atoms with E-state index < -0.39 is 0 Å². The van der Waals surface area contributed by atoms with Crippen LogP contribution in [0.1, 0.15) is 72.1 Å². The SMILES string of the molecule is CC(=O)N1CCCCC1CC1CC(C)CC2C1CCCN2C(C)=O. The molecular weight excluding hydrogens is 300 g/mol. The smallest absolute Gasteiger partial charge is 0.219 e. The van der Waals surface area contributed by atoms with Crippen LogP contribution < -0.4 is 0 Å². The normalized spacial score (nSPS) is 37.0. The molecule has 0 N–H and O–H groups in total. The fraction of sp³-hybridized carbons (Fsp3) is 0.900. The lowest BCUT2D eigenvalue weighted by molar-refractivity contribution is -0.137. The van der Waals surface area contributed by atoms with E-state index in [1.165, 1.54) is 25.7 Å². The average molecular weight is 335 g/mol. The lowest BCUT2D eigenvalue weighted by Crippen LogP contribution is -2.54. The highest BCUT2D eigenvalue weighted by atomic mass is 16.2. The van der Waals surface area contributed by atoms with Crippen LogP contribution in [0, 0.1) is 17.8 Å². The van der Waals surface area contributed by atoms with Crippen molar-refractivity contribution in [2.24, 2.45) is 17.8 Å². The minimum absolute atomic E-state index is 0.245. The zero-order valence-corrected chi connectivity index (χ0v) is 15.7. The Labute approximate surface area is 146 Å². The fourth-order valence-corrected chi connectivity index (χ4v) is 5.81. The van der Waals surface area contributed by atoms with Gasteiger partial charge in [-0.3, -0.25) is 9.59 Å². The zero-order chi connectivity index (χ0) is 17.3. The summed E-state index contributed by atoms with van der Waals surface area (Å²) < 4.78 is 0. The number of amides is 2. The standard InChI is InChI=1S/C20H34N2O2/c1-14-11-17(13-18-7-4-5-9-21(18)15(2)23)19-8-6-10-22(16(3)24)20(19)12-14/h14,17-20H,4-13H2,1-3H3. The molecule has 1 saturated carbocycles. The monoisotopic (exact) mass is 334 g/mol. The Bertz CT molecular complexity index is 478. The molecule has 1 aliphatic carbocycles. The summed E-state index contributed by atoms with van der Waals surface area (Å²) in [7, 11) is 0. The second-order valence-corrected chi connectivity index (χ2v) is 8.52. The van der Waals surface area contributed by atoms with E-state index in [1.54, 1.807) is 13.8 Å². The summed E-state index contributed by atoms with van der Waals surface area (Å²) in [5.74, 6) is 2.50. The largest absolute Gasteiger partial charge is 0.340 e. The van der Waals surface area contributed by atoms with Gasteiger partial charge in [0.15, 0.2) is 0 Å². The second kappa shape index (κ2) is 7.45. The van der Waals surface area contributed by atoms with Gasteiger partial charge in [-0.2, -0.15) is 0 Å². The molecule has 5 atom stereocenters. The van der Waals surface area contributed by atoms with E-state index in [2.05, 4.69) is 16.7 Å². The van der Waals surface area contributed by atoms with Crippen molar-refractivity contribution in [1.82, 2.24) is 9.80 Å². The molecule has 2 saturated heterocycles. The molecule has 2 amide bonds. The third-order valence-electron chi connectivity index (χ3n) is 6.80. The Hall–Kier alpha value is -1.06. The summed E-state index contributed by atoms with van der Waals surface area (Å²) in [5, 5.41) is 0. The summed E-state index contributed by atoms with van der Waals surface area (Å²) >= 11 is 0. The Morgan fingerprint density at radius 1 is 0.917 bits per heavy atom. The van der Waals surface area contributed by atoms with Gasteiger partial charge in [0.25, 0.3) is 0 Å². The number of hydrogen-bond donors (Lipinski definition) is 0. The maximum atomic E-state index is 12.1. The molecule has 0 aromatic carbocycles. The molecule has 24 heavy (non-hydrogen) atoms. The van der Waals surface area contributed by atoms with Gasteiger partial charge >= 0.3 is 0 Å². The number of carbonyl (C=O) groups is 2. The maximum Gasteiger partial charge on any atom is 0.219 e. The molecule has 3 aliphatic rings. The van der Waals surface area contributed by atoms with Crippen molar-refractivity contribution >= 4 is 11.8 Å². The molecule has 2 heterocycles. The number of likely N-dealkylation sites (tertiary alicyclic amines) is 2. The molecule has 0 radical (unpaired) electrons. The third kappa shape index (κ3) is 3.62. The van der Waals surface area contributed by atoms with Crippen LogP contribution >= 0.6 is 0 Å². The van der Waals surface area contributed by atoms with Gasteiger partial charge in [0.05, 0.1) is 0 Å². The van der Waals surface area contributed by atoms with Crippen LogP contribution in [0.2, 0.25) is 0 Å². The first-order valence-corrected chi connectivity index (χ1v) is 10.0. The molecule has 3 rings (SSSR count). The predicted molar refractivity (Wildman–Crippen MR) is 95.4 cm³/mol. The topological polar surface area (TPSA) is 40.6 Å². The van der Waals surface area contributed by atoms with Crippen LogP contribution in [0.4, 0.5) is 0 Å². The second-order valence-electron chi connectivity index (χ2n) is 8.52. The average Bonchev–Trinajstić information content (AvgIpc) is 2.54. The Morgan fingerprint density at radius 2 is 1.62 bits per heavy atom. The molecule has 0 spiro atoms. The Kier molecular flexibility index (Phi) is 5.51. The molecule has 5 unspecified atom stereocenters. The van der Waals surface area contributed by atoms with Gasteiger partial charge < -0.3 is 9.80 Å². The minimum Gasteiger partial charge on any atom is -0.340 e. The van der Waals surface area contributed by atoms with Crippen molar-refractivity contribution in [3.05, 3.63) is 0 Å². The van der Waals surface area contributed by atoms with Crippen molar-refractivity contribution in [3.63, 3.8) is 0 Å². The molecule has 4 nitrogen and oxygen atoms in total. The van der Waals surface area contributed by atoms with Crippen LogP contribution in [0.3, 0.4) is 0 Å². The van der Waals surface area contributed by atoms with E-state index in [1.807, 2.05) is 0 Å². The third-order valence-corrected chi connectivity index (χ3v) is 6.80. The first kappa shape index (κ1) is 17.8. The highest BCUT2D eigenvalue weighted by molar-refractivity contribution is 5.74. The van der Waals surface area contributed by atoms with Crippen molar-refractivity contribution in [1.29, 1.82) is 0 Å². The summed E-state index contributed by atoms with van der Waals surface area (Å²) in [6.45, 7) is 7.69. The molecule has 0 bridgehead atoms. The maximum absolute atomic E-state index is 12.1. The van der Waals surface area contributed by atoms with E-state index in [-0.39, 0.29) is 11.8 Å². The van der Waals surface area contributed by atoms with Crippen LogP contribution in [0.5, 0.6) is 0 Å². The van der Waals surface area contributed by atoms with Crippen molar-refractivity contribution in [2.75, 3.05) is 13.1 Å². The summed E-state index contributed by atoms with van der Waals surface area (Å²) in [5.41, 5.74) is 0. The summed E-state index contributed by atoms with van der Waals surface area (Å²) in [4.78, 5) is 28.4. The molecule has 3 fully saturated rings. The molecule has 0 aromatic heterocycles. The number of carbonyl (C=O) groups excluding carboxylic acids is 2. The predicted octanol–water partition coefficient (Wildman–Crippen LogP) is 3.45. The molecular formula is C20H34N2O2. The highest BCUT2D eigenvalue weighted by Crippen LogP contribution is 2.44. The van der Waals surface area contributed by atoms with Crippen molar-refractivity contribution < 1.29 is 9.59 Å². The highest BCUT2D eigenvalue weighted by Gasteiger charge is 2.43. The number of hydrogen-bond acceptors (Lipinski definition) is 2. The quantitative estimate of drug-likeness (QED) is 0.776. The Morgan fingerprint density at radius 3 is 2.33 bits per heavy atom. The van der Waals surface area contributed by atoms with E-state index in [4.69, 9.17) is 0 Å². The number of piperidine rings is 2. The minimum atomic E-state index is 0.245. The molecule has 0 aromatic rings. The van der Waals surface area contributed by atoms with Gasteiger partial charge in [0, 0.05) is 39.0 Å². The lowest BCUT2D eigenvalue weighted by atomic mass is 9.65.